The number of carbonyl (C=O) groups is 1. The quantitative estimate of drug-likeness (QED) is 0.508. The standard InChI is InChI=1S/C25H24ClN5O/c1-16-25(32)31(14-18-3-7-22-23(11-18)28-15-29-24(22)27)9-8-30(16)13-17-2-4-20-12-21(26)6-5-19(20)10-17/h2-7,10-12,15-16H,8-9,13-14H2,1H3,(H2,27,28,29)/t16-/m0/s1. The van der Waals surface area contributed by atoms with E-state index in [4.69, 9.17) is 17.3 Å². The summed E-state index contributed by atoms with van der Waals surface area (Å²) >= 11 is 6.09. The predicted octanol–water partition coefficient (Wildman–Crippen LogP) is 4.25. The number of aromatic nitrogens is 2. The zero-order chi connectivity index (χ0) is 22.2. The van der Waals surface area contributed by atoms with Crippen LogP contribution in [0, 0.1) is 0 Å². The lowest BCUT2D eigenvalue weighted by Gasteiger charge is -2.39. The molecule has 0 saturated carbocycles. The fraction of sp³-hybridized carbons (Fsp3) is 0.240. The van der Waals surface area contributed by atoms with Crippen LogP contribution in [0.3, 0.4) is 0 Å². The first-order valence-electron chi connectivity index (χ1n) is 10.7. The zero-order valence-corrected chi connectivity index (χ0v) is 18.6. The number of rotatable bonds is 4. The van der Waals surface area contributed by atoms with Gasteiger partial charge in [0.25, 0.3) is 0 Å². The highest BCUT2D eigenvalue weighted by Gasteiger charge is 2.31. The molecule has 1 atom stereocenters. The van der Waals surface area contributed by atoms with Gasteiger partial charge in [0.1, 0.15) is 12.1 Å². The van der Waals surface area contributed by atoms with Gasteiger partial charge in [-0.05, 0) is 59.2 Å². The number of fused-ring (bicyclic) bond motifs is 2. The molecule has 1 aromatic heterocycles. The number of nitrogen functional groups attached to an aromatic ring is 1. The number of hydrogen-bond donors (Lipinski definition) is 1. The molecule has 162 valence electrons. The largest absolute Gasteiger partial charge is 0.383 e. The summed E-state index contributed by atoms with van der Waals surface area (Å²) in [7, 11) is 0. The molecule has 1 amide bonds. The molecule has 1 fully saturated rings. The Morgan fingerprint density at radius 1 is 0.969 bits per heavy atom. The van der Waals surface area contributed by atoms with Crippen LogP contribution in [0.15, 0.2) is 60.9 Å². The van der Waals surface area contributed by atoms with Crippen molar-refractivity contribution >= 4 is 45.0 Å². The van der Waals surface area contributed by atoms with Crippen molar-refractivity contribution in [2.75, 3.05) is 18.8 Å². The summed E-state index contributed by atoms with van der Waals surface area (Å²) in [5.74, 6) is 0.614. The van der Waals surface area contributed by atoms with Gasteiger partial charge in [-0.3, -0.25) is 9.69 Å². The zero-order valence-electron chi connectivity index (χ0n) is 17.8. The second-order valence-electron chi connectivity index (χ2n) is 8.34. The van der Waals surface area contributed by atoms with Gasteiger partial charge in [0.05, 0.1) is 11.6 Å². The van der Waals surface area contributed by atoms with Crippen LogP contribution in [0.4, 0.5) is 5.82 Å². The lowest BCUT2D eigenvalue weighted by atomic mass is 10.0. The van der Waals surface area contributed by atoms with Crippen molar-refractivity contribution in [1.82, 2.24) is 19.8 Å². The van der Waals surface area contributed by atoms with Crippen LogP contribution >= 0.6 is 11.6 Å². The number of halogens is 1. The third kappa shape index (κ3) is 3.99. The molecule has 0 unspecified atom stereocenters. The molecule has 1 aliphatic heterocycles. The van der Waals surface area contributed by atoms with Gasteiger partial charge in [-0.25, -0.2) is 9.97 Å². The van der Waals surface area contributed by atoms with Crippen molar-refractivity contribution in [2.45, 2.75) is 26.1 Å². The molecule has 6 nitrogen and oxygen atoms in total. The van der Waals surface area contributed by atoms with Crippen LogP contribution in [-0.2, 0) is 17.9 Å². The fourth-order valence-electron chi connectivity index (χ4n) is 4.39. The van der Waals surface area contributed by atoms with Crippen molar-refractivity contribution in [3.8, 4) is 0 Å². The second kappa shape index (κ2) is 8.37. The molecule has 0 spiro atoms. The number of benzene rings is 3. The summed E-state index contributed by atoms with van der Waals surface area (Å²) in [5, 5.41) is 3.85. The Kier molecular flexibility index (Phi) is 5.41. The van der Waals surface area contributed by atoms with Crippen molar-refractivity contribution in [3.63, 3.8) is 0 Å². The van der Waals surface area contributed by atoms with Crippen molar-refractivity contribution in [1.29, 1.82) is 0 Å². The number of carbonyl (C=O) groups excluding carboxylic acids is 1. The lowest BCUT2D eigenvalue weighted by Crippen LogP contribution is -2.54. The molecular formula is C25H24ClN5O. The molecule has 0 bridgehead atoms. The number of anilines is 1. The Labute approximate surface area is 191 Å². The van der Waals surface area contributed by atoms with Crippen molar-refractivity contribution < 1.29 is 4.79 Å². The topological polar surface area (TPSA) is 75.3 Å². The average molecular weight is 446 g/mol. The fourth-order valence-corrected chi connectivity index (χ4v) is 4.57. The van der Waals surface area contributed by atoms with Crippen LogP contribution in [-0.4, -0.2) is 44.8 Å². The number of piperazine rings is 1. The molecule has 5 rings (SSSR count). The molecule has 2 N–H and O–H groups in total. The van der Waals surface area contributed by atoms with E-state index in [1.807, 2.05) is 48.2 Å². The van der Waals surface area contributed by atoms with Crippen molar-refractivity contribution in [3.05, 3.63) is 77.1 Å². The molecule has 2 heterocycles. The minimum atomic E-state index is -0.178. The molecule has 1 saturated heterocycles. The van der Waals surface area contributed by atoms with Crippen LogP contribution in [0.25, 0.3) is 21.7 Å². The molecule has 4 aromatic rings. The molecule has 3 aromatic carbocycles. The Bertz CT molecular complexity index is 1320. The van der Waals surface area contributed by atoms with E-state index in [9.17, 15) is 4.79 Å². The monoisotopic (exact) mass is 445 g/mol. The molecule has 32 heavy (non-hydrogen) atoms. The van der Waals surface area contributed by atoms with E-state index in [1.165, 1.54) is 11.9 Å². The minimum Gasteiger partial charge on any atom is -0.383 e. The van der Waals surface area contributed by atoms with Crippen LogP contribution in [0.1, 0.15) is 18.1 Å². The first-order valence-corrected chi connectivity index (χ1v) is 11.1. The summed E-state index contributed by atoms with van der Waals surface area (Å²) in [6, 6.07) is 18.0. The normalized spacial score (nSPS) is 17.4. The molecule has 0 aliphatic carbocycles. The average Bonchev–Trinajstić information content (AvgIpc) is 2.79. The Morgan fingerprint density at radius 2 is 1.72 bits per heavy atom. The SMILES string of the molecule is C[C@H]1C(=O)N(Cc2ccc3c(N)ncnc3c2)CCN1Cc1ccc2cc(Cl)ccc2c1. The number of nitrogens with two attached hydrogens (primary N) is 1. The summed E-state index contributed by atoms with van der Waals surface area (Å²) in [6.07, 6.45) is 1.47. The maximum absolute atomic E-state index is 13.1. The van der Waals surface area contributed by atoms with Gasteiger partial charge < -0.3 is 10.6 Å². The van der Waals surface area contributed by atoms with E-state index in [-0.39, 0.29) is 11.9 Å². The first kappa shape index (κ1) is 20.7. The first-order chi connectivity index (χ1) is 15.5. The van der Waals surface area contributed by atoms with Gasteiger partial charge in [0.2, 0.25) is 5.91 Å². The third-order valence-electron chi connectivity index (χ3n) is 6.23. The van der Waals surface area contributed by atoms with Gasteiger partial charge in [0.15, 0.2) is 0 Å². The molecule has 1 aliphatic rings. The lowest BCUT2D eigenvalue weighted by molar-refractivity contribution is -0.142. The highest BCUT2D eigenvalue weighted by atomic mass is 35.5. The maximum atomic E-state index is 13.1. The minimum absolute atomic E-state index is 0.145. The van der Waals surface area contributed by atoms with Gasteiger partial charge in [-0.2, -0.15) is 0 Å². The Balaban J connectivity index is 1.28. The summed E-state index contributed by atoms with van der Waals surface area (Å²) < 4.78 is 0. The Morgan fingerprint density at radius 3 is 2.59 bits per heavy atom. The summed E-state index contributed by atoms with van der Waals surface area (Å²) in [6.45, 7) is 4.81. The van der Waals surface area contributed by atoms with E-state index >= 15 is 0 Å². The molecule has 0 radical (unpaired) electrons. The van der Waals surface area contributed by atoms with E-state index < -0.39 is 0 Å². The van der Waals surface area contributed by atoms with Gasteiger partial charge in [0, 0.05) is 36.6 Å². The van der Waals surface area contributed by atoms with E-state index in [0.29, 0.717) is 18.9 Å². The number of amides is 1. The van der Waals surface area contributed by atoms with Gasteiger partial charge in [-0.15, -0.1) is 0 Å². The maximum Gasteiger partial charge on any atom is 0.239 e. The van der Waals surface area contributed by atoms with E-state index in [2.05, 4.69) is 33.1 Å². The smallest absolute Gasteiger partial charge is 0.239 e. The summed E-state index contributed by atoms with van der Waals surface area (Å²) in [5.41, 5.74) is 8.95. The van der Waals surface area contributed by atoms with Crippen LogP contribution in [0.5, 0.6) is 0 Å². The molecule has 7 heteroatoms. The number of hydrogen-bond acceptors (Lipinski definition) is 5. The van der Waals surface area contributed by atoms with E-state index in [0.717, 1.165) is 45.4 Å². The third-order valence-corrected chi connectivity index (χ3v) is 6.47. The van der Waals surface area contributed by atoms with Crippen LogP contribution in [0.2, 0.25) is 5.02 Å². The number of nitrogens with zero attached hydrogens (tertiary/aromatic N) is 4. The summed E-state index contributed by atoms with van der Waals surface area (Å²) in [4.78, 5) is 25.6. The van der Waals surface area contributed by atoms with E-state index in [1.54, 1.807) is 0 Å². The van der Waals surface area contributed by atoms with Crippen LogP contribution < -0.4 is 5.73 Å². The highest BCUT2D eigenvalue weighted by molar-refractivity contribution is 6.31. The Hall–Kier alpha value is -3.22. The van der Waals surface area contributed by atoms with Gasteiger partial charge in [-0.1, -0.05) is 35.9 Å². The van der Waals surface area contributed by atoms with Crippen molar-refractivity contribution in [2.24, 2.45) is 0 Å². The molecular weight excluding hydrogens is 422 g/mol. The second-order valence-corrected chi connectivity index (χ2v) is 8.78. The predicted molar refractivity (Wildman–Crippen MR) is 128 cm³/mol. The van der Waals surface area contributed by atoms with Gasteiger partial charge >= 0.3 is 0 Å². The highest BCUT2D eigenvalue weighted by Crippen LogP contribution is 2.24.